The molecule has 25 heavy (non-hydrogen) atoms. The molecule has 1 heterocycles. The van der Waals surface area contributed by atoms with Gasteiger partial charge in [0.05, 0.1) is 21.1 Å². The van der Waals surface area contributed by atoms with Crippen LogP contribution in [0.25, 0.3) is 0 Å². The van der Waals surface area contributed by atoms with Gasteiger partial charge in [0.25, 0.3) is 5.56 Å². The third kappa shape index (κ3) is 5.68. The van der Waals surface area contributed by atoms with E-state index in [-0.39, 0.29) is 17.4 Å². The number of nitrogens with one attached hydrogen (secondary N) is 2. The van der Waals surface area contributed by atoms with Crippen LogP contribution in [-0.4, -0.2) is 65.5 Å². The summed E-state index contributed by atoms with van der Waals surface area (Å²) in [6.45, 7) is 1.37. The summed E-state index contributed by atoms with van der Waals surface area (Å²) in [6.07, 6.45) is -0.916. The van der Waals surface area contributed by atoms with Gasteiger partial charge < -0.3 is 24.1 Å². The zero-order chi connectivity index (χ0) is 19.4. The van der Waals surface area contributed by atoms with Crippen LogP contribution in [0.1, 0.15) is 30.3 Å². The van der Waals surface area contributed by atoms with Crippen LogP contribution in [0.15, 0.2) is 15.7 Å². The van der Waals surface area contributed by atoms with Crippen molar-refractivity contribution >= 4 is 17.7 Å². The Morgan fingerprint density at radius 2 is 1.80 bits per heavy atom. The highest BCUT2D eigenvalue weighted by Gasteiger charge is 2.46. The summed E-state index contributed by atoms with van der Waals surface area (Å²) in [5.74, 6) is -3.35. The summed E-state index contributed by atoms with van der Waals surface area (Å²) >= 11 is 0. The van der Waals surface area contributed by atoms with E-state index in [0.29, 0.717) is 0 Å². The molecular formula is C15H21N3O7. The lowest BCUT2D eigenvalue weighted by atomic mass is 9.90. The molecule has 0 spiro atoms. The molecule has 1 aromatic heterocycles. The lowest BCUT2D eigenvalue weighted by Crippen LogP contribution is -2.58. The van der Waals surface area contributed by atoms with Crippen molar-refractivity contribution in [1.29, 1.82) is 0 Å². The van der Waals surface area contributed by atoms with Crippen LogP contribution < -0.4 is 16.4 Å². The second-order valence-corrected chi connectivity index (χ2v) is 6.66. The Hall–Kier alpha value is -2.75. The average molecular weight is 355 g/mol. The quantitative estimate of drug-likeness (QED) is 0.396. The van der Waals surface area contributed by atoms with Gasteiger partial charge in [0, 0.05) is 24.9 Å². The summed E-state index contributed by atoms with van der Waals surface area (Å²) < 4.78 is 5.35. The number of carboxylic acids is 1. The van der Waals surface area contributed by atoms with Crippen molar-refractivity contribution < 1.29 is 28.7 Å². The van der Waals surface area contributed by atoms with Crippen LogP contribution in [0.2, 0.25) is 0 Å². The summed E-state index contributed by atoms with van der Waals surface area (Å²) in [5.41, 5.74) is -4.24. The standard InChI is InChI=1S/C15H21N3O7/c1-5-10(19)15(7-12(21)22,8-18(2,3)4)25-13(23)9-6-11(20)17-14(24)16-9/h6H,5,7-8H2,1-4H3,(H2-,16,17,20,21,22,24)/t15-/m1/s1. The molecule has 0 aliphatic heterocycles. The van der Waals surface area contributed by atoms with Gasteiger partial charge in [0.1, 0.15) is 12.2 Å². The van der Waals surface area contributed by atoms with Crippen molar-refractivity contribution in [2.75, 3.05) is 27.7 Å². The number of hydrogen-bond donors (Lipinski definition) is 2. The van der Waals surface area contributed by atoms with E-state index in [0.717, 1.165) is 6.07 Å². The van der Waals surface area contributed by atoms with Crippen LogP contribution in [0.4, 0.5) is 0 Å². The number of ketones is 1. The monoisotopic (exact) mass is 355 g/mol. The Morgan fingerprint density at radius 1 is 1.20 bits per heavy atom. The van der Waals surface area contributed by atoms with Crippen LogP contribution in [0, 0.1) is 0 Å². The Kier molecular flexibility index (Phi) is 6.03. The van der Waals surface area contributed by atoms with Crippen molar-refractivity contribution in [3.05, 3.63) is 32.6 Å². The molecule has 1 atom stereocenters. The second-order valence-electron chi connectivity index (χ2n) is 6.66. The van der Waals surface area contributed by atoms with E-state index in [1.54, 1.807) is 21.1 Å². The predicted octanol–water partition coefficient (Wildman–Crippen LogP) is -2.22. The number of hydrogen-bond acceptors (Lipinski definition) is 7. The number of carboxylic acid groups (broad SMARTS) is 1. The molecule has 1 rings (SSSR count). The summed E-state index contributed by atoms with van der Waals surface area (Å²) in [6, 6.07) is 0.788. The van der Waals surface area contributed by atoms with E-state index in [2.05, 4.69) is 4.98 Å². The SMILES string of the molecule is CCC(=O)[C@@](CC(=O)[O-])(C[N+](C)(C)C)OC(=O)c1cc(=O)[nH]c(=O)[nH]1. The first-order chi connectivity index (χ1) is 11.4. The molecule has 2 N–H and O–H groups in total. The maximum atomic E-state index is 12.4. The van der Waals surface area contributed by atoms with Crippen LogP contribution >= 0.6 is 0 Å². The Labute approximate surface area is 143 Å². The van der Waals surface area contributed by atoms with Crippen molar-refractivity contribution in [2.24, 2.45) is 0 Å². The molecule has 0 aliphatic rings. The molecule has 0 amide bonds. The van der Waals surface area contributed by atoms with Crippen molar-refractivity contribution in [1.82, 2.24) is 9.97 Å². The third-order valence-corrected chi connectivity index (χ3v) is 3.26. The van der Waals surface area contributed by atoms with Gasteiger partial charge >= 0.3 is 11.7 Å². The van der Waals surface area contributed by atoms with E-state index in [9.17, 15) is 29.1 Å². The maximum Gasteiger partial charge on any atom is 0.356 e. The number of aromatic nitrogens is 2. The van der Waals surface area contributed by atoms with Gasteiger partial charge in [0.15, 0.2) is 5.78 Å². The first-order valence-corrected chi connectivity index (χ1v) is 7.49. The fraction of sp³-hybridized carbons (Fsp3) is 0.533. The second kappa shape index (κ2) is 7.43. The molecule has 0 aromatic carbocycles. The van der Waals surface area contributed by atoms with E-state index in [1.807, 2.05) is 4.98 Å². The Morgan fingerprint density at radius 3 is 2.24 bits per heavy atom. The zero-order valence-electron chi connectivity index (χ0n) is 14.5. The van der Waals surface area contributed by atoms with Gasteiger partial charge in [-0.05, 0) is 0 Å². The van der Waals surface area contributed by atoms with Crippen molar-refractivity contribution in [3.8, 4) is 0 Å². The third-order valence-electron chi connectivity index (χ3n) is 3.26. The molecule has 1 aromatic rings. The number of rotatable bonds is 8. The molecule has 138 valence electrons. The molecule has 0 radical (unpaired) electrons. The first-order valence-electron chi connectivity index (χ1n) is 7.49. The van der Waals surface area contributed by atoms with Crippen molar-refractivity contribution in [3.63, 3.8) is 0 Å². The maximum absolute atomic E-state index is 12.4. The number of Topliss-reactive ketones (excluding diaryl/α,β-unsaturated/α-hetero) is 1. The van der Waals surface area contributed by atoms with Crippen LogP contribution in [0.5, 0.6) is 0 Å². The number of nitrogens with zero attached hydrogens (tertiary/aromatic N) is 1. The highest BCUT2D eigenvalue weighted by molar-refractivity contribution is 5.95. The molecule has 10 heteroatoms. The fourth-order valence-electron chi connectivity index (χ4n) is 2.50. The number of ether oxygens (including phenoxy) is 1. The number of carbonyl (C=O) groups is 3. The fourth-order valence-corrected chi connectivity index (χ4v) is 2.50. The van der Waals surface area contributed by atoms with Crippen molar-refractivity contribution in [2.45, 2.75) is 25.4 Å². The zero-order valence-corrected chi connectivity index (χ0v) is 14.5. The highest BCUT2D eigenvalue weighted by atomic mass is 16.6. The molecule has 0 aliphatic carbocycles. The molecule has 0 bridgehead atoms. The molecule has 10 nitrogen and oxygen atoms in total. The highest BCUT2D eigenvalue weighted by Crippen LogP contribution is 2.24. The largest absolute Gasteiger partial charge is 0.550 e. The minimum absolute atomic E-state index is 0.0769. The van der Waals surface area contributed by atoms with Gasteiger partial charge in [-0.25, -0.2) is 9.59 Å². The number of carbonyl (C=O) groups excluding carboxylic acids is 3. The molecule has 0 fully saturated rings. The number of H-pyrrole nitrogens is 2. The number of aliphatic carboxylic acids is 1. The smallest absolute Gasteiger partial charge is 0.356 e. The number of likely N-dealkylation sites (N-methyl/N-ethyl adjacent to an activating group) is 1. The average Bonchev–Trinajstić information content (AvgIpc) is 2.42. The molecule has 0 unspecified atom stereocenters. The van der Waals surface area contributed by atoms with Gasteiger partial charge in [-0.2, -0.15) is 0 Å². The summed E-state index contributed by atoms with van der Waals surface area (Å²) in [4.78, 5) is 62.5. The molecule has 0 saturated carbocycles. The topological polar surface area (TPSA) is 149 Å². The van der Waals surface area contributed by atoms with Gasteiger partial charge in [-0.3, -0.25) is 14.6 Å². The van der Waals surface area contributed by atoms with Gasteiger partial charge in [-0.15, -0.1) is 0 Å². The van der Waals surface area contributed by atoms with Crippen LogP contribution in [-0.2, 0) is 14.3 Å². The summed E-state index contributed by atoms with van der Waals surface area (Å²) in [5, 5.41) is 11.2. The summed E-state index contributed by atoms with van der Waals surface area (Å²) in [7, 11) is 5.07. The normalized spacial score (nSPS) is 13.8. The van der Waals surface area contributed by atoms with Gasteiger partial charge in [0.2, 0.25) is 5.60 Å². The minimum atomic E-state index is -1.98. The van der Waals surface area contributed by atoms with E-state index in [4.69, 9.17) is 4.74 Å². The van der Waals surface area contributed by atoms with E-state index < -0.39 is 46.7 Å². The Balaban J connectivity index is 3.36. The van der Waals surface area contributed by atoms with E-state index >= 15 is 0 Å². The van der Waals surface area contributed by atoms with E-state index in [1.165, 1.54) is 6.92 Å². The number of quaternary nitrogens is 1. The number of esters is 1. The van der Waals surface area contributed by atoms with Gasteiger partial charge in [-0.1, -0.05) is 6.92 Å². The first kappa shape index (κ1) is 20.3. The molecular weight excluding hydrogens is 334 g/mol. The number of aromatic amines is 2. The van der Waals surface area contributed by atoms with Crippen LogP contribution in [0.3, 0.4) is 0 Å². The minimum Gasteiger partial charge on any atom is -0.550 e. The Bertz CT molecular complexity index is 759. The lowest BCUT2D eigenvalue weighted by molar-refractivity contribution is -0.875. The molecule has 0 saturated heterocycles. The predicted molar refractivity (Wildman–Crippen MR) is 83.7 cm³/mol. The lowest BCUT2D eigenvalue weighted by Gasteiger charge is -2.37.